The van der Waals surface area contributed by atoms with Crippen LogP contribution in [0.3, 0.4) is 0 Å². The van der Waals surface area contributed by atoms with Gasteiger partial charge in [-0.15, -0.1) is 0 Å². The highest BCUT2D eigenvalue weighted by Crippen LogP contribution is 2.31. The summed E-state index contributed by atoms with van der Waals surface area (Å²) >= 11 is 5.56. The van der Waals surface area contributed by atoms with Crippen LogP contribution in [0.1, 0.15) is 5.56 Å². The summed E-state index contributed by atoms with van der Waals surface area (Å²) in [5, 5.41) is 4.00. The summed E-state index contributed by atoms with van der Waals surface area (Å²) < 4.78 is 11.5. The van der Waals surface area contributed by atoms with E-state index in [1.807, 2.05) is 60.4 Å². The quantitative estimate of drug-likeness (QED) is 0.787. The fraction of sp³-hybridized carbons (Fsp3) is 0.333. The zero-order valence-corrected chi connectivity index (χ0v) is 16.6. The van der Waals surface area contributed by atoms with Gasteiger partial charge in [0, 0.05) is 31.9 Å². The largest absolute Gasteiger partial charge is 0.485 e. The Bertz CT molecular complexity index is 881. The van der Waals surface area contributed by atoms with Crippen molar-refractivity contribution in [1.82, 2.24) is 9.80 Å². The van der Waals surface area contributed by atoms with Crippen molar-refractivity contribution in [2.45, 2.75) is 13.0 Å². The lowest BCUT2D eigenvalue weighted by Gasteiger charge is -2.38. The zero-order chi connectivity index (χ0) is 19.5. The molecule has 0 bridgehead atoms. The Hall–Kier alpha value is -2.80. The van der Waals surface area contributed by atoms with E-state index in [0.29, 0.717) is 42.8 Å². The second kappa shape index (κ2) is 8.06. The summed E-state index contributed by atoms with van der Waals surface area (Å²) in [6.45, 7) is 4.88. The Balaban J connectivity index is 1.31. The van der Waals surface area contributed by atoms with Gasteiger partial charge < -0.3 is 24.6 Å². The van der Waals surface area contributed by atoms with Crippen molar-refractivity contribution in [2.75, 3.05) is 38.1 Å². The fourth-order valence-corrected chi connectivity index (χ4v) is 3.67. The molecule has 0 saturated carbocycles. The molecule has 1 saturated heterocycles. The van der Waals surface area contributed by atoms with Crippen LogP contribution in [0, 0.1) is 6.92 Å². The van der Waals surface area contributed by atoms with E-state index in [2.05, 4.69) is 10.2 Å². The first-order valence-corrected chi connectivity index (χ1v) is 9.81. The molecule has 6 nitrogen and oxygen atoms in total. The Labute approximate surface area is 170 Å². The monoisotopic (exact) mass is 397 g/mol. The number of nitrogens with zero attached hydrogens (tertiary/aromatic N) is 2. The molecule has 0 aliphatic carbocycles. The summed E-state index contributed by atoms with van der Waals surface area (Å²) in [6.07, 6.45) is -0.599. The number of para-hydroxylation sites is 3. The minimum atomic E-state index is -0.599. The predicted octanol–water partition coefficient (Wildman–Crippen LogP) is 2.68. The maximum Gasteiger partial charge on any atom is 0.267 e. The lowest BCUT2D eigenvalue weighted by atomic mass is 10.2. The number of fused-ring (bicyclic) bond motifs is 1. The number of hydrogen-bond donors (Lipinski definition) is 1. The molecule has 2 aromatic rings. The molecule has 1 atom stereocenters. The van der Waals surface area contributed by atoms with Gasteiger partial charge in [0.2, 0.25) is 6.10 Å². The average molecular weight is 398 g/mol. The van der Waals surface area contributed by atoms with E-state index >= 15 is 0 Å². The molecule has 4 rings (SSSR count). The highest BCUT2D eigenvalue weighted by atomic mass is 32.1. The molecule has 2 aliphatic rings. The van der Waals surface area contributed by atoms with Gasteiger partial charge in [0.25, 0.3) is 5.91 Å². The molecule has 2 aromatic carbocycles. The third-order valence-corrected chi connectivity index (χ3v) is 5.41. The number of carbonyl (C=O) groups excluding carboxylic acids is 1. The van der Waals surface area contributed by atoms with E-state index in [1.54, 1.807) is 0 Å². The Morgan fingerprint density at radius 2 is 1.64 bits per heavy atom. The molecule has 28 heavy (non-hydrogen) atoms. The number of ether oxygens (including phenoxy) is 2. The van der Waals surface area contributed by atoms with Gasteiger partial charge in [0.05, 0.1) is 0 Å². The van der Waals surface area contributed by atoms with Gasteiger partial charge in [-0.25, -0.2) is 0 Å². The Morgan fingerprint density at radius 1 is 1.00 bits per heavy atom. The lowest BCUT2D eigenvalue weighted by molar-refractivity contribution is -0.142. The molecule has 0 unspecified atom stereocenters. The highest BCUT2D eigenvalue weighted by molar-refractivity contribution is 7.80. The van der Waals surface area contributed by atoms with E-state index in [-0.39, 0.29) is 12.5 Å². The Kier molecular flexibility index (Phi) is 5.34. The van der Waals surface area contributed by atoms with Crippen LogP contribution in [0.15, 0.2) is 48.5 Å². The van der Waals surface area contributed by atoms with Gasteiger partial charge in [-0.2, -0.15) is 0 Å². The van der Waals surface area contributed by atoms with Crippen molar-refractivity contribution in [3.8, 4) is 11.5 Å². The smallest absolute Gasteiger partial charge is 0.267 e. The lowest BCUT2D eigenvalue weighted by Crippen LogP contribution is -2.55. The van der Waals surface area contributed by atoms with Crippen LogP contribution in [0.25, 0.3) is 0 Å². The van der Waals surface area contributed by atoms with Crippen molar-refractivity contribution in [3.63, 3.8) is 0 Å². The fourth-order valence-electron chi connectivity index (χ4n) is 3.38. The molecule has 1 fully saturated rings. The molecule has 2 aliphatic heterocycles. The topological polar surface area (TPSA) is 54.0 Å². The maximum absolute atomic E-state index is 12.8. The number of hydrogen-bond acceptors (Lipinski definition) is 4. The third kappa shape index (κ3) is 3.89. The maximum atomic E-state index is 12.8. The number of carbonyl (C=O) groups is 1. The number of anilines is 1. The standard InChI is InChI=1S/C21H23N3O3S/c1-15-6-2-3-7-16(15)22-21(28)24-12-10-23(11-13-24)20(25)19-14-26-17-8-4-5-9-18(17)27-19/h2-9,19H,10-14H2,1H3,(H,22,28)/t19-/m0/s1. The molecule has 1 N–H and O–H groups in total. The van der Waals surface area contributed by atoms with Crippen LogP contribution >= 0.6 is 12.2 Å². The van der Waals surface area contributed by atoms with Crippen LogP contribution < -0.4 is 14.8 Å². The van der Waals surface area contributed by atoms with E-state index in [0.717, 1.165) is 11.3 Å². The summed E-state index contributed by atoms with van der Waals surface area (Å²) in [6, 6.07) is 15.5. The molecule has 0 aromatic heterocycles. The number of piperazine rings is 1. The first-order chi connectivity index (χ1) is 13.6. The first kappa shape index (κ1) is 18.6. The summed E-state index contributed by atoms with van der Waals surface area (Å²) in [5.41, 5.74) is 2.16. The molecular weight excluding hydrogens is 374 g/mol. The predicted molar refractivity (Wildman–Crippen MR) is 112 cm³/mol. The SMILES string of the molecule is Cc1ccccc1NC(=S)N1CCN(C(=O)[C@@H]2COc3ccccc3O2)CC1. The van der Waals surface area contributed by atoms with Crippen LogP contribution in [0.2, 0.25) is 0 Å². The minimum absolute atomic E-state index is 0.0352. The summed E-state index contributed by atoms with van der Waals surface area (Å²) in [5.74, 6) is 1.27. The Morgan fingerprint density at radius 3 is 2.39 bits per heavy atom. The normalized spacial score (nSPS) is 18.5. The minimum Gasteiger partial charge on any atom is -0.485 e. The number of amides is 1. The highest BCUT2D eigenvalue weighted by Gasteiger charge is 2.33. The van der Waals surface area contributed by atoms with Crippen LogP contribution in [0.5, 0.6) is 11.5 Å². The molecule has 0 spiro atoms. The first-order valence-electron chi connectivity index (χ1n) is 9.40. The zero-order valence-electron chi connectivity index (χ0n) is 15.8. The van der Waals surface area contributed by atoms with Crippen molar-refractivity contribution < 1.29 is 14.3 Å². The van der Waals surface area contributed by atoms with Crippen molar-refractivity contribution in [1.29, 1.82) is 0 Å². The molecule has 1 amide bonds. The van der Waals surface area contributed by atoms with Crippen molar-refractivity contribution in [2.24, 2.45) is 0 Å². The van der Waals surface area contributed by atoms with Gasteiger partial charge in [0.15, 0.2) is 16.6 Å². The number of nitrogens with one attached hydrogen (secondary N) is 1. The molecule has 0 radical (unpaired) electrons. The molecule has 146 valence electrons. The van der Waals surface area contributed by atoms with Gasteiger partial charge in [-0.3, -0.25) is 4.79 Å². The average Bonchev–Trinajstić information content (AvgIpc) is 2.74. The van der Waals surface area contributed by atoms with Crippen LogP contribution in [-0.2, 0) is 4.79 Å². The van der Waals surface area contributed by atoms with Crippen molar-refractivity contribution >= 4 is 28.9 Å². The van der Waals surface area contributed by atoms with E-state index in [1.165, 1.54) is 0 Å². The van der Waals surface area contributed by atoms with Crippen LogP contribution in [-0.4, -0.2) is 59.7 Å². The third-order valence-electron chi connectivity index (χ3n) is 5.05. The van der Waals surface area contributed by atoms with Gasteiger partial charge in [0.1, 0.15) is 6.61 Å². The number of aryl methyl sites for hydroxylation is 1. The van der Waals surface area contributed by atoms with Crippen molar-refractivity contribution in [3.05, 3.63) is 54.1 Å². The molecule has 2 heterocycles. The summed E-state index contributed by atoms with van der Waals surface area (Å²) in [4.78, 5) is 16.8. The number of benzene rings is 2. The molecular formula is C21H23N3O3S. The summed E-state index contributed by atoms with van der Waals surface area (Å²) in [7, 11) is 0. The van der Waals surface area contributed by atoms with Gasteiger partial charge in [-0.1, -0.05) is 30.3 Å². The number of rotatable bonds is 2. The molecule has 7 heteroatoms. The van der Waals surface area contributed by atoms with Gasteiger partial charge in [-0.05, 0) is 42.9 Å². The second-order valence-electron chi connectivity index (χ2n) is 6.92. The second-order valence-corrected chi connectivity index (χ2v) is 7.31. The number of thiocarbonyl (C=S) groups is 1. The van der Waals surface area contributed by atoms with E-state index in [9.17, 15) is 4.79 Å². The van der Waals surface area contributed by atoms with Crippen LogP contribution in [0.4, 0.5) is 5.69 Å². The van der Waals surface area contributed by atoms with E-state index < -0.39 is 6.10 Å². The van der Waals surface area contributed by atoms with E-state index in [4.69, 9.17) is 21.7 Å². The van der Waals surface area contributed by atoms with Gasteiger partial charge >= 0.3 is 0 Å².